The van der Waals surface area contributed by atoms with Gasteiger partial charge in [-0.25, -0.2) is 14.8 Å². The minimum atomic E-state index is -1.02. The normalized spacial score (nSPS) is 10.6. The minimum Gasteiger partial charge on any atom is -0.478 e. The van der Waals surface area contributed by atoms with Gasteiger partial charge in [0.25, 0.3) is 0 Å². The summed E-state index contributed by atoms with van der Waals surface area (Å²) in [6.45, 7) is 5.27. The first-order chi connectivity index (χ1) is 8.06. The molecular formula is C11H17N3O3. The van der Waals surface area contributed by atoms with Crippen LogP contribution in [0.1, 0.15) is 24.2 Å². The highest BCUT2D eigenvalue weighted by molar-refractivity contribution is 5.86. The zero-order chi connectivity index (χ0) is 12.8. The number of carboxylic acids is 1. The van der Waals surface area contributed by atoms with Gasteiger partial charge in [-0.1, -0.05) is 0 Å². The van der Waals surface area contributed by atoms with Gasteiger partial charge in [-0.3, -0.25) is 0 Å². The predicted molar refractivity (Wildman–Crippen MR) is 63.3 cm³/mol. The summed E-state index contributed by atoms with van der Waals surface area (Å²) in [6.07, 6.45) is 2.62. The van der Waals surface area contributed by atoms with Crippen molar-refractivity contribution >= 4 is 11.9 Å². The number of aromatic nitrogens is 2. The number of nitrogens with zero attached hydrogens (tertiary/aromatic N) is 3. The first-order valence-electron chi connectivity index (χ1n) is 5.37. The second-order valence-corrected chi connectivity index (χ2v) is 3.86. The molecule has 0 unspecified atom stereocenters. The summed E-state index contributed by atoms with van der Waals surface area (Å²) in [5.74, 6) is -0.508. The van der Waals surface area contributed by atoms with Crippen molar-refractivity contribution in [2.45, 2.75) is 19.9 Å². The minimum absolute atomic E-state index is 0.0872. The zero-order valence-corrected chi connectivity index (χ0v) is 10.3. The van der Waals surface area contributed by atoms with Gasteiger partial charge in [-0.05, 0) is 13.8 Å². The second-order valence-electron chi connectivity index (χ2n) is 3.86. The Kier molecular flexibility index (Phi) is 4.84. The smallest absolute Gasteiger partial charge is 0.338 e. The Labute approximate surface area is 100 Å². The Balaban J connectivity index is 2.83. The van der Waals surface area contributed by atoms with E-state index in [0.717, 1.165) is 0 Å². The second kappa shape index (κ2) is 6.15. The predicted octanol–water partition coefficient (Wildman–Crippen LogP) is 1.04. The third-order valence-electron chi connectivity index (χ3n) is 2.30. The highest BCUT2D eigenvalue weighted by atomic mass is 16.5. The standard InChI is InChI=1S/C11H17N3O3/c1-8(2)14(4-5-17-3)11-12-6-9(7-13-11)10(15)16/h6-8H,4-5H2,1-3H3,(H,15,16). The molecule has 6 heteroatoms. The number of anilines is 1. The molecule has 0 aliphatic heterocycles. The lowest BCUT2D eigenvalue weighted by Gasteiger charge is -2.26. The maximum Gasteiger partial charge on any atom is 0.338 e. The van der Waals surface area contributed by atoms with Gasteiger partial charge in [0.15, 0.2) is 0 Å². The highest BCUT2D eigenvalue weighted by Gasteiger charge is 2.13. The van der Waals surface area contributed by atoms with Crippen LogP contribution in [-0.4, -0.2) is 47.3 Å². The molecule has 0 saturated heterocycles. The molecule has 0 fully saturated rings. The van der Waals surface area contributed by atoms with Crippen LogP contribution in [0, 0.1) is 0 Å². The molecule has 6 nitrogen and oxygen atoms in total. The van der Waals surface area contributed by atoms with Crippen molar-refractivity contribution in [2.75, 3.05) is 25.2 Å². The Hall–Kier alpha value is -1.69. The quantitative estimate of drug-likeness (QED) is 0.799. The van der Waals surface area contributed by atoms with Gasteiger partial charge in [-0.2, -0.15) is 0 Å². The highest BCUT2D eigenvalue weighted by Crippen LogP contribution is 2.10. The number of carboxylic acid groups (broad SMARTS) is 1. The van der Waals surface area contributed by atoms with E-state index in [1.165, 1.54) is 12.4 Å². The summed E-state index contributed by atoms with van der Waals surface area (Å²) in [6, 6.07) is 0.223. The van der Waals surface area contributed by atoms with Crippen LogP contribution >= 0.6 is 0 Å². The average Bonchev–Trinajstić information content (AvgIpc) is 2.29. The maximum atomic E-state index is 10.7. The van der Waals surface area contributed by atoms with E-state index >= 15 is 0 Å². The molecule has 0 atom stereocenters. The number of methoxy groups -OCH3 is 1. The van der Waals surface area contributed by atoms with Crippen molar-refractivity contribution in [3.8, 4) is 0 Å². The van der Waals surface area contributed by atoms with Gasteiger partial charge in [0.1, 0.15) is 0 Å². The SMILES string of the molecule is COCCN(c1ncc(C(=O)O)cn1)C(C)C. The lowest BCUT2D eigenvalue weighted by Crippen LogP contribution is -2.35. The Morgan fingerprint density at radius 1 is 1.47 bits per heavy atom. The molecule has 0 amide bonds. The number of hydrogen-bond donors (Lipinski definition) is 1. The van der Waals surface area contributed by atoms with E-state index in [2.05, 4.69) is 9.97 Å². The summed E-state index contributed by atoms with van der Waals surface area (Å²) < 4.78 is 5.01. The van der Waals surface area contributed by atoms with Crippen LogP contribution in [0.4, 0.5) is 5.95 Å². The van der Waals surface area contributed by atoms with Crippen LogP contribution in [0.5, 0.6) is 0 Å². The summed E-state index contributed by atoms with van der Waals surface area (Å²) in [4.78, 5) is 20.7. The molecule has 17 heavy (non-hydrogen) atoms. The fourth-order valence-corrected chi connectivity index (χ4v) is 1.36. The van der Waals surface area contributed by atoms with E-state index in [1.807, 2.05) is 18.7 Å². The topological polar surface area (TPSA) is 75.5 Å². The molecule has 1 heterocycles. The van der Waals surface area contributed by atoms with Gasteiger partial charge >= 0.3 is 5.97 Å². The largest absolute Gasteiger partial charge is 0.478 e. The first-order valence-corrected chi connectivity index (χ1v) is 5.37. The first kappa shape index (κ1) is 13.4. The van der Waals surface area contributed by atoms with Gasteiger partial charge in [0.05, 0.1) is 12.2 Å². The van der Waals surface area contributed by atoms with Gasteiger partial charge in [-0.15, -0.1) is 0 Å². The Morgan fingerprint density at radius 2 is 2.06 bits per heavy atom. The number of aromatic carboxylic acids is 1. The summed E-state index contributed by atoms with van der Waals surface area (Å²) in [7, 11) is 1.63. The molecule has 1 rings (SSSR count). The van der Waals surface area contributed by atoms with Gasteiger partial charge < -0.3 is 14.7 Å². The van der Waals surface area contributed by atoms with Crippen molar-refractivity contribution in [3.05, 3.63) is 18.0 Å². The molecule has 0 radical (unpaired) electrons. The molecule has 1 aromatic heterocycles. The maximum absolute atomic E-state index is 10.7. The van der Waals surface area contributed by atoms with Gasteiger partial charge in [0, 0.05) is 32.1 Å². The molecule has 0 spiro atoms. The van der Waals surface area contributed by atoms with Gasteiger partial charge in [0.2, 0.25) is 5.95 Å². The number of ether oxygens (including phenoxy) is 1. The molecule has 0 aliphatic rings. The monoisotopic (exact) mass is 239 g/mol. The fraction of sp³-hybridized carbons (Fsp3) is 0.545. The Bertz CT molecular complexity index is 365. The summed E-state index contributed by atoms with van der Waals surface area (Å²) in [5.41, 5.74) is 0.0872. The molecule has 94 valence electrons. The number of hydrogen-bond acceptors (Lipinski definition) is 5. The van der Waals surface area contributed by atoms with Crippen molar-refractivity contribution in [2.24, 2.45) is 0 Å². The number of rotatable bonds is 6. The molecule has 0 bridgehead atoms. The molecule has 0 aliphatic carbocycles. The van der Waals surface area contributed by atoms with Crippen LogP contribution in [0.2, 0.25) is 0 Å². The van der Waals surface area contributed by atoms with Crippen LogP contribution in [0.3, 0.4) is 0 Å². The van der Waals surface area contributed by atoms with E-state index in [9.17, 15) is 4.79 Å². The van der Waals surface area contributed by atoms with Crippen LogP contribution < -0.4 is 4.90 Å². The third kappa shape index (κ3) is 3.67. The zero-order valence-electron chi connectivity index (χ0n) is 10.3. The van der Waals surface area contributed by atoms with Crippen LogP contribution in [0.15, 0.2) is 12.4 Å². The Morgan fingerprint density at radius 3 is 2.47 bits per heavy atom. The summed E-state index contributed by atoms with van der Waals surface area (Å²) >= 11 is 0. The molecule has 1 N–H and O–H groups in total. The molecule has 1 aromatic rings. The van der Waals surface area contributed by atoms with Crippen molar-refractivity contribution in [1.29, 1.82) is 0 Å². The summed E-state index contributed by atoms with van der Waals surface area (Å²) in [5, 5.41) is 8.75. The fourth-order valence-electron chi connectivity index (χ4n) is 1.36. The lowest BCUT2D eigenvalue weighted by molar-refractivity contribution is 0.0696. The van der Waals surface area contributed by atoms with Crippen molar-refractivity contribution in [3.63, 3.8) is 0 Å². The van der Waals surface area contributed by atoms with E-state index in [1.54, 1.807) is 7.11 Å². The van der Waals surface area contributed by atoms with E-state index in [-0.39, 0.29) is 11.6 Å². The van der Waals surface area contributed by atoms with Crippen LogP contribution in [0.25, 0.3) is 0 Å². The van der Waals surface area contributed by atoms with E-state index < -0.39 is 5.97 Å². The van der Waals surface area contributed by atoms with E-state index in [0.29, 0.717) is 19.1 Å². The number of carbonyl (C=O) groups is 1. The average molecular weight is 239 g/mol. The lowest BCUT2D eigenvalue weighted by atomic mass is 10.3. The van der Waals surface area contributed by atoms with Crippen molar-refractivity contribution in [1.82, 2.24) is 9.97 Å². The third-order valence-corrected chi connectivity index (χ3v) is 2.30. The molecule has 0 aromatic carbocycles. The molecular weight excluding hydrogens is 222 g/mol. The van der Waals surface area contributed by atoms with Crippen molar-refractivity contribution < 1.29 is 14.6 Å². The van der Waals surface area contributed by atoms with E-state index in [4.69, 9.17) is 9.84 Å². The molecule has 0 saturated carbocycles. The van der Waals surface area contributed by atoms with Crippen LogP contribution in [-0.2, 0) is 4.74 Å².